The van der Waals surface area contributed by atoms with Crippen molar-refractivity contribution in [2.45, 2.75) is 38.6 Å². The third-order valence-electron chi connectivity index (χ3n) is 4.03. The van der Waals surface area contributed by atoms with E-state index in [-0.39, 0.29) is 0 Å². The van der Waals surface area contributed by atoms with Crippen molar-refractivity contribution >= 4 is 0 Å². The zero-order chi connectivity index (χ0) is 13.1. The van der Waals surface area contributed by atoms with Crippen molar-refractivity contribution in [1.29, 1.82) is 0 Å². The molecule has 0 radical (unpaired) electrons. The molecule has 19 heavy (non-hydrogen) atoms. The molecule has 3 rings (SSSR count). The number of fused-ring (bicyclic) bond motifs is 1. The zero-order valence-corrected chi connectivity index (χ0v) is 11.7. The second-order valence-electron chi connectivity index (χ2n) is 5.55. The third kappa shape index (κ3) is 3.10. The van der Waals surface area contributed by atoms with E-state index in [1.807, 2.05) is 0 Å². The molecule has 1 saturated carbocycles. The summed E-state index contributed by atoms with van der Waals surface area (Å²) < 4.78 is 11.4. The molecule has 0 heterocycles. The molecule has 3 nitrogen and oxygen atoms in total. The SMILES string of the molecule is CCNC1CCc2c(OCOCC3CC3)cccc21. The Morgan fingerprint density at radius 1 is 1.26 bits per heavy atom. The summed E-state index contributed by atoms with van der Waals surface area (Å²) in [7, 11) is 0. The van der Waals surface area contributed by atoms with Crippen LogP contribution >= 0.6 is 0 Å². The fourth-order valence-electron chi connectivity index (χ4n) is 2.82. The van der Waals surface area contributed by atoms with E-state index in [1.165, 1.54) is 30.4 Å². The largest absolute Gasteiger partial charge is 0.467 e. The average Bonchev–Trinajstić information content (AvgIpc) is 3.16. The summed E-state index contributed by atoms with van der Waals surface area (Å²) in [6.45, 7) is 4.41. The normalized spacial score (nSPS) is 21.4. The van der Waals surface area contributed by atoms with Crippen molar-refractivity contribution in [3.8, 4) is 5.75 Å². The molecule has 0 amide bonds. The number of ether oxygens (including phenoxy) is 2. The summed E-state index contributed by atoms with van der Waals surface area (Å²) in [6.07, 6.45) is 4.93. The molecule has 1 aromatic carbocycles. The van der Waals surface area contributed by atoms with E-state index in [9.17, 15) is 0 Å². The number of hydrogen-bond donors (Lipinski definition) is 1. The van der Waals surface area contributed by atoms with E-state index in [4.69, 9.17) is 9.47 Å². The Morgan fingerprint density at radius 2 is 2.16 bits per heavy atom. The van der Waals surface area contributed by atoms with Gasteiger partial charge in [0.1, 0.15) is 5.75 Å². The summed E-state index contributed by atoms with van der Waals surface area (Å²) in [5.41, 5.74) is 2.77. The van der Waals surface area contributed by atoms with Gasteiger partial charge in [-0.2, -0.15) is 0 Å². The Labute approximate surface area is 115 Å². The van der Waals surface area contributed by atoms with E-state index < -0.39 is 0 Å². The minimum Gasteiger partial charge on any atom is -0.467 e. The predicted molar refractivity (Wildman–Crippen MR) is 75.4 cm³/mol. The summed E-state index contributed by atoms with van der Waals surface area (Å²) in [4.78, 5) is 0. The van der Waals surface area contributed by atoms with Gasteiger partial charge in [0.2, 0.25) is 0 Å². The standard InChI is InChI=1S/C16H23NO2/c1-2-17-15-9-8-14-13(15)4-3-5-16(14)19-11-18-10-12-6-7-12/h3-5,12,15,17H,2,6-11H2,1H3. The fraction of sp³-hybridized carbons (Fsp3) is 0.625. The van der Waals surface area contributed by atoms with E-state index >= 15 is 0 Å². The van der Waals surface area contributed by atoms with Gasteiger partial charge < -0.3 is 14.8 Å². The topological polar surface area (TPSA) is 30.5 Å². The maximum atomic E-state index is 5.80. The van der Waals surface area contributed by atoms with E-state index in [0.29, 0.717) is 12.8 Å². The van der Waals surface area contributed by atoms with Crippen molar-refractivity contribution in [3.05, 3.63) is 29.3 Å². The van der Waals surface area contributed by atoms with Crippen LogP contribution in [0.15, 0.2) is 18.2 Å². The Balaban J connectivity index is 1.59. The second-order valence-corrected chi connectivity index (χ2v) is 5.55. The van der Waals surface area contributed by atoms with Gasteiger partial charge in [-0.05, 0) is 55.3 Å². The van der Waals surface area contributed by atoms with Crippen molar-refractivity contribution in [1.82, 2.24) is 5.32 Å². The van der Waals surface area contributed by atoms with Crippen LogP contribution in [0.4, 0.5) is 0 Å². The van der Waals surface area contributed by atoms with Crippen LogP contribution in [-0.2, 0) is 11.2 Å². The van der Waals surface area contributed by atoms with Crippen molar-refractivity contribution in [2.24, 2.45) is 5.92 Å². The first-order chi connectivity index (χ1) is 9.38. The minimum absolute atomic E-state index is 0.388. The highest BCUT2D eigenvalue weighted by molar-refractivity contribution is 5.45. The molecular weight excluding hydrogens is 238 g/mol. The Bertz CT molecular complexity index is 429. The Hall–Kier alpha value is -1.06. The van der Waals surface area contributed by atoms with Crippen LogP contribution in [0.25, 0.3) is 0 Å². The van der Waals surface area contributed by atoms with Gasteiger partial charge in [0.25, 0.3) is 0 Å². The molecule has 1 unspecified atom stereocenters. The maximum Gasteiger partial charge on any atom is 0.189 e. The highest BCUT2D eigenvalue weighted by Gasteiger charge is 2.24. The lowest BCUT2D eigenvalue weighted by atomic mass is 10.1. The van der Waals surface area contributed by atoms with Gasteiger partial charge in [0.05, 0.1) is 6.61 Å². The summed E-state index contributed by atoms with van der Waals surface area (Å²) in [5, 5.41) is 3.53. The lowest BCUT2D eigenvalue weighted by Gasteiger charge is -2.14. The van der Waals surface area contributed by atoms with Crippen LogP contribution in [0, 0.1) is 5.92 Å². The van der Waals surface area contributed by atoms with Crippen LogP contribution in [0.1, 0.15) is 43.4 Å². The molecule has 0 bridgehead atoms. The lowest BCUT2D eigenvalue weighted by Crippen LogP contribution is -2.18. The van der Waals surface area contributed by atoms with Crippen molar-refractivity contribution in [2.75, 3.05) is 19.9 Å². The third-order valence-corrected chi connectivity index (χ3v) is 4.03. The minimum atomic E-state index is 0.388. The molecule has 1 aromatic rings. The average molecular weight is 261 g/mol. The number of hydrogen-bond acceptors (Lipinski definition) is 3. The highest BCUT2D eigenvalue weighted by Crippen LogP contribution is 2.37. The van der Waals surface area contributed by atoms with Crippen molar-refractivity contribution < 1.29 is 9.47 Å². The second kappa shape index (κ2) is 5.93. The predicted octanol–water partition coefficient (Wildman–Crippen LogP) is 3.05. The highest BCUT2D eigenvalue weighted by atomic mass is 16.7. The zero-order valence-electron chi connectivity index (χ0n) is 11.7. The van der Waals surface area contributed by atoms with Gasteiger partial charge in [0.15, 0.2) is 6.79 Å². The molecule has 1 atom stereocenters. The van der Waals surface area contributed by atoms with E-state index in [1.54, 1.807) is 0 Å². The monoisotopic (exact) mass is 261 g/mol. The lowest BCUT2D eigenvalue weighted by molar-refractivity contribution is 0.00951. The molecule has 1 N–H and O–H groups in total. The summed E-state index contributed by atoms with van der Waals surface area (Å²) in [5.74, 6) is 1.80. The first kappa shape index (κ1) is 12.9. The van der Waals surface area contributed by atoms with E-state index in [0.717, 1.165) is 31.2 Å². The Kier molecular flexibility index (Phi) is 4.04. The molecule has 2 aliphatic rings. The van der Waals surface area contributed by atoms with Crippen LogP contribution in [0.3, 0.4) is 0 Å². The molecule has 0 spiro atoms. The number of rotatable bonds is 7. The van der Waals surface area contributed by atoms with Gasteiger partial charge in [-0.15, -0.1) is 0 Å². The van der Waals surface area contributed by atoms with Gasteiger partial charge >= 0.3 is 0 Å². The maximum absolute atomic E-state index is 5.80. The first-order valence-corrected chi connectivity index (χ1v) is 7.44. The van der Waals surface area contributed by atoms with Crippen LogP contribution in [0.5, 0.6) is 5.75 Å². The Morgan fingerprint density at radius 3 is 2.95 bits per heavy atom. The molecule has 2 aliphatic carbocycles. The van der Waals surface area contributed by atoms with Gasteiger partial charge in [0, 0.05) is 6.04 Å². The van der Waals surface area contributed by atoms with E-state index in [2.05, 4.69) is 30.4 Å². The quantitative estimate of drug-likeness (QED) is 0.604. The first-order valence-electron chi connectivity index (χ1n) is 7.44. The summed E-state index contributed by atoms with van der Waals surface area (Å²) in [6, 6.07) is 6.86. The smallest absolute Gasteiger partial charge is 0.189 e. The van der Waals surface area contributed by atoms with Crippen molar-refractivity contribution in [3.63, 3.8) is 0 Å². The van der Waals surface area contributed by atoms with Gasteiger partial charge in [-0.3, -0.25) is 0 Å². The number of nitrogens with one attached hydrogen (secondary N) is 1. The van der Waals surface area contributed by atoms with Crippen LogP contribution < -0.4 is 10.1 Å². The molecule has 1 fully saturated rings. The molecule has 0 aliphatic heterocycles. The summed E-state index contributed by atoms with van der Waals surface area (Å²) >= 11 is 0. The van der Waals surface area contributed by atoms with Crippen LogP contribution in [0.2, 0.25) is 0 Å². The van der Waals surface area contributed by atoms with Crippen LogP contribution in [-0.4, -0.2) is 19.9 Å². The molecule has 104 valence electrons. The van der Waals surface area contributed by atoms with Gasteiger partial charge in [-0.1, -0.05) is 19.1 Å². The molecular formula is C16H23NO2. The van der Waals surface area contributed by atoms with Gasteiger partial charge in [-0.25, -0.2) is 0 Å². The number of benzene rings is 1. The molecule has 0 saturated heterocycles. The fourth-order valence-corrected chi connectivity index (χ4v) is 2.82. The molecule has 0 aromatic heterocycles. The molecule has 3 heteroatoms.